The number of sulfonamides is 1. The Hall–Kier alpha value is -3.34. The van der Waals surface area contributed by atoms with Gasteiger partial charge in [0.05, 0.1) is 23.0 Å². The summed E-state index contributed by atoms with van der Waals surface area (Å²) in [6.07, 6.45) is -6.01. The van der Waals surface area contributed by atoms with Crippen molar-refractivity contribution in [1.29, 1.82) is 0 Å². The number of benzene rings is 1. The Morgan fingerprint density at radius 1 is 1.07 bits per heavy atom. The Morgan fingerprint density at radius 2 is 1.71 bits per heavy atom. The highest BCUT2D eigenvalue weighted by atomic mass is 35.5. The molecule has 2 aromatic rings. The quantitative estimate of drug-likeness (QED) is 0.437. The molecule has 0 spiro atoms. The summed E-state index contributed by atoms with van der Waals surface area (Å²) in [5.41, 5.74) is -1.03. The number of carbonyl (C=O) groups excluding carboxylic acids is 2. The van der Waals surface area contributed by atoms with Gasteiger partial charge in [-0.3, -0.25) is 9.80 Å². The number of nitrogens with one attached hydrogen (secondary N) is 1. The molecule has 45 heavy (non-hydrogen) atoms. The summed E-state index contributed by atoms with van der Waals surface area (Å²) in [7, 11) is -3.91. The van der Waals surface area contributed by atoms with Crippen LogP contribution < -0.4 is 15.1 Å². The summed E-state index contributed by atoms with van der Waals surface area (Å²) in [4.78, 5) is 33.6. The van der Waals surface area contributed by atoms with Crippen LogP contribution in [-0.4, -0.2) is 105 Å². The summed E-state index contributed by atoms with van der Waals surface area (Å²) in [5, 5.41) is 2.51. The second-order valence-electron chi connectivity index (χ2n) is 12.1. The van der Waals surface area contributed by atoms with Crippen molar-refractivity contribution in [3.8, 4) is 0 Å². The molecule has 1 aromatic carbocycles. The number of anilines is 2. The fourth-order valence-corrected chi connectivity index (χ4v) is 6.94. The minimum Gasteiger partial charge on any atom is -0.444 e. The lowest BCUT2D eigenvalue weighted by molar-refractivity contribution is -0.137. The minimum atomic E-state index is -4.59. The van der Waals surface area contributed by atoms with Crippen LogP contribution in [0.5, 0.6) is 0 Å². The number of ether oxygens (including phenoxy) is 2. The molecule has 0 aliphatic carbocycles. The lowest BCUT2D eigenvalue weighted by Gasteiger charge is -2.40. The lowest BCUT2D eigenvalue weighted by Crippen LogP contribution is -2.61. The van der Waals surface area contributed by atoms with Gasteiger partial charge in [-0.1, -0.05) is 11.6 Å². The zero-order valence-corrected chi connectivity index (χ0v) is 26.5. The topological polar surface area (TPSA) is 125 Å². The molecule has 12 nitrogen and oxygen atoms in total. The number of hydrogen-bond acceptors (Lipinski definition) is 9. The number of aromatic nitrogens is 1. The summed E-state index contributed by atoms with van der Waals surface area (Å²) >= 11 is 5.81. The summed E-state index contributed by atoms with van der Waals surface area (Å²) < 4.78 is 78.3. The highest BCUT2D eigenvalue weighted by Gasteiger charge is 2.38. The zero-order valence-electron chi connectivity index (χ0n) is 24.9. The number of amides is 2. The third-order valence-electron chi connectivity index (χ3n) is 7.47. The normalized spacial score (nSPS) is 20.6. The number of halogens is 4. The third kappa shape index (κ3) is 7.91. The highest BCUT2D eigenvalue weighted by Crippen LogP contribution is 2.33. The molecule has 2 amide bonds. The molecule has 3 fully saturated rings. The Bertz CT molecular complexity index is 1520. The van der Waals surface area contributed by atoms with Crippen LogP contribution in [0.2, 0.25) is 5.15 Å². The molecule has 0 saturated carbocycles. The summed E-state index contributed by atoms with van der Waals surface area (Å²) in [6, 6.07) is 7.47. The van der Waals surface area contributed by atoms with E-state index in [1.807, 2.05) is 0 Å². The molecule has 1 aromatic heterocycles. The summed E-state index contributed by atoms with van der Waals surface area (Å²) in [5.74, 6) is 0.0263. The molecule has 3 aliphatic rings. The molecule has 3 aliphatic heterocycles. The van der Waals surface area contributed by atoms with Crippen LogP contribution in [0.4, 0.5) is 34.3 Å². The van der Waals surface area contributed by atoms with Crippen molar-refractivity contribution >= 4 is 45.3 Å². The predicted octanol–water partition coefficient (Wildman–Crippen LogP) is 3.80. The Morgan fingerprint density at radius 3 is 2.31 bits per heavy atom. The van der Waals surface area contributed by atoms with E-state index in [1.165, 1.54) is 33.5 Å². The van der Waals surface area contributed by atoms with Gasteiger partial charge in [0.2, 0.25) is 10.0 Å². The number of nitrogens with zero attached hydrogens (tertiary/aromatic N) is 5. The molecule has 5 rings (SSSR count). The van der Waals surface area contributed by atoms with Crippen molar-refractivity contribution in [2.45, 2.75) is 49.6 Å². The standard InChI is InChI=1S/C28H34ClF3N6O6S/c1-27(2,3)44-25(39)33-19-14-35(15-19)16-21-17-38(26(40)43-21)20-4-6-22(7-5-20)45(41,42)37-10-8-36(9-11-37)24-13-18(28(30,31)32)12-23(29)34-24/h4-7,12-13,19,21H,8-11,14-17H2,1-3H3,(H,33,39). The van der Waals surface area contributed by atoms with E-state index in [4.69, 9.17) is 21.1 Å². The third-order valence-corrected chi connectivity index (χ3v) is 9.58. The molecule has 0 radical (unpaired) electrons. The fourth-order valence-electron chi connectivity index (χ4n) is 5.31. The maximum absolute atomic E-state index is 13.3. The van der Waals surface area contributed by atoms with Gasteiger partial charge in [-0.05, 0) is 57.2 Å². The van der Waals surface area contributed by atoms with Crippen molar-refractivity contribution < 1.29 is 40.7 Å². The van der Waals surface area contributed by atoms with E-state index in [2.05, 4.69) is 15.2 Å². The SMILES string of the molecule is CC(C)(C)OC(=O)NC1CN(CC2CN(c3ccc(S(=O)(=O)N4CCN(c5cc(C(F)(F)F)cc(Cl)n5)CC4)cc3)C(=O)O2)C1. The average Bonchev–Trinajstić information content (AvgIpc) is 3.30. The van der Waals surface area contributed by atoms with Gasteiger partial charge in [0.1, 0.15) is 22.7 Å². The molecule has 17 heteroatoms. The Labute approximate surface area is 264 Å². The van der Waals surface area contributed by atoms with Gasteiger partial charge in [-0.2, -0.15) is 17.5 Å². The molecule has 3 saturated heterocycles. The van der Waals surface area contributed by atoms with Gasteiger partial charge in [0, 0.05) is 51.5 Å². The van der Waals surface area contributed by atoms with E-state index in [0.29, 0.717) is 25.3 Å². The first-order chi connectivity index (χ1) is 21.0. The zero-order chi connectivity index (χ0) is 32.7. The van der Waals surface area contributed by atoms with E-state index in [1.54, 1.807) is 25.7 Å². The molecule has 1 unspecified atom stereocenters. The first-order valence-electron chi connectivity index (χ1n) is 14.3. The molecular weight excluding hydrogens is 641 g/mol. The van der Waals surface area contributed by atoms with Crippen LogP contribution in [0.3, 0.4) is 0 Å². The largest absolute Gasteiger partial charge is 0.444 e. The Kier molecular flexibility index (Phi) is 9.14. The molecular formula is C28H34ClF3N6O6S. The van der Waals surface area contributed by atoms with Gasteiger partial charge in [0.25, 0.3) is 0 Å². The van der Waals surface area contributed by atoms with Crippen LogP contribution in [0, 0.1) is 0 Å². The van der Waals surface area contributed by atoms with Gasteiger partial charge in [0.15, 0.2) is 0 Å². The number of rotatable bonds is 7. The number of cyclic esters (lactones) is 1. The number of hydrogen-bond donors (Lipinski definition) is 1. The van der Waals surface area contributed by atoms with Crippen LogP contribution in [0.25, 0.3) is 0 Å². The maximum Gasteiger partial charge on any atom is 0.416 e. The molecule has 1 N–H and O–H groups in total. The molecule has 0 bridgehead atoms. The highest BCUT2D eigenvalue weighted by molar-refractivity contribution is 7.89. The maximum atomic E-state index is 13.3. The van der Waals surface area contributed by atoms with Gasteiger partial charge < -0.3 is 19.7 Å². The first kappa shape index (κ1) is 33.0. The number of pyridine rings is 1. The van der Waals surface area contributed by atoms with Crippen molar-refractivity contribution in [2.75, 3.05) is 62.2 Å². The van der Waals surface area contributed by atoms with Gasteiger partial charge in [-0.15, -0.1) is 0 Å². The number of likely N-dealkylation sites (tertiary alicyclic amines) is 1. The molecule has 4 heterocycles. The smallest absolute Gasteiger partial charge is 0.416 e. The number of alkyl halides is 3. The van der Waals surface area contributed by atoms with E-state index in [0.717, 1.165) is 12.1 Å². The predicted molar refractivity (Wildman–Crippen MR) is 159 cm³/mol. The minimum absolute atomic E-state index is 0.0214. The Balaban J connectivity index is 1.12. The first-order valence-corrected chi connectivity index (χ1v) is 16.1. The van der Waals surface area contributed by atoms with Crippen molar-refractivity contribution in [1.82, 2.24) is 19.5 Å². The van der Waals surface area contributed by atoms with Crippen LogP contribution >= 0.6 is 11.6 Å². The number of piperazine rings is 1. The van der Waals surface area contributed by atoms with Crippen molar-refractivity contribution in [2.24, 2.45) is 0 Å². The van der Waals surface area contributed by atoms with Gasteiger partial charge in [-0.25, -0.2) is 23.0 Å². The monoisotopic (exact) mass is 674 g/mol. The summed E-state index contributed by atoms with van der Waals surface area (Å²) in [6.45, 7) is 7.63. The van der Waals surface area contributed by atoms with E-state index < -0.39 is 45.7 Å². The van der Waals surface area contributed by atoms with E-state index >= 15 is 0 Å². The fraction of sp³-hybridized carbons (Fsp3) is 0.536. The van der Waals surface area contributed by atoms with Crippen molar-refractivity contribution in [3.05, 3.63) is 47.1 Å². The van der Waals surface area contributed by atoms with Crippen LogP contribution in [0.1, 0.15) is 26.3 Å². The number of alkyl carbamates (subject to hydrolysis) is 1. The van der Waals surface area contributed by atoms with E-state index in [9.17, 15) is 31.2 Å². The van der Waals surface area contributed by atoms with Crippen molar-refractivity contribution in [3.63, 3.8) is 0 Å². The lowest BCUT2D eigenvalue weighted by atomic mass is 10.1. The van der Waals surface area contributed by atoms with E-state index in [-0.39, 0.29) is 54.6 Å². The second-order valence-corrected chi connectivity index (χ2v) is 14.4. The second kappa shape index (κ2) is 12.5. The van der Waals surface area contributed by atoms with Crippen LogP contribution in [0.15, 0.2) is 41.3 Å². The molecule has 246 valence electrons. The average molecular weight is 675 g/mol. The number of carbonyl (C=O) groups is 2. The molecule has 1 atom stereocenters. The van der Waals surface area contributed by atoms with Gasteiger partial charge >= 0.3 is 18.4 Å². The van der Waals surface area contributed by atoms with Crippen LogP contribution in [-0.2, 0) is 25.7 Å².